The predicted octanol–water partition coefficient (Wildman–Crippen LogP) is 8.56. The highest BCUT2D eigenvalue weighted by molar-refractivity contribution is 5.96. The Balaban J connectivity index is 0.860. The second-order valence-electron chi connectivity index (χ2n) is 32.5. The molecule has 2 aromatic rings. The molecule has 17 aliphatic rings. The van der Waals surface area contributed by atoms with Gasteiger partial charge >= 0.3 is 11.9 Å². The monoisotopic (exact) mass is 1170 g/mol. The van der Waals surface area contributed by atoms with Crippen molar-refractivity contribution in [1.29, 1.82) is 0 Å². The average molecular weight is 1170 g/mol. The molecule has 27 atom stereocenters. The molecule has 86 heavy (non-hydrogen) atoms. The number of aliphatic hydroxyl groups excluding tert-OH is 3. The van der Waals surface area contributed by atoms with Crippen LogP contribution in [-0.4, -0.2) is 106 Å². The van der Waals surface area contributed by atoms with Crippen molar-refractivity contribution in [2.75, 3.05) is 26.4 Å². The van der Waals surface area contributed by atoms with E-state index in [0.29, 0.717) is 62.2 Å². The van der Waals surface area contributed by atoms with E-state index in [2.05, 4.69) is 111 Å². The molecule has 1 aromatic carbocycles. The molecule has 10 aliphatic carbocycles. The smallest absolute Gasteiger partial charge is 0.339 e. The molecule has 27 unspecified atom stereocenters. The first-order valence-corrected chi connectivity index (χ1v) is 34.0. The molecule has 8 heterocycles. The summed E-state index contributed by atoms with van der Waals surface area (Å²) < 4.78 is 38.1. The molecule has 5 saturated heterocycles. The largest absolute Gasteiger partial charge is 0.469 e. The second kappa shape index (κ2) is 17.1. The van der Waals surface area contributed by atoms with Crippen LogP contribution in [0.3, 0.4) is 0 Å². The first-order chi connectivity index (χ1) is 41.5. The van der Waals surface area contributed by atoms with Crippen molar-refractivity contribution in [3.63, 3.8) is 0 Å². The Kier molecular flexibility index (Phi) is 10.6. The van der Waals surface area contributed by atoms with Gasteiger partial charge in [0.05, 0.1) is 48.5 Å². The zero-order chi connectivity index (χ0) is 58.2. The minimum atomic E-state index is -1.58. The molecule has 0 amide bonds. The Morgan fingerprint density at radius 2 is 1.83 bits per heavy atom. The molecule has 13 nitrogen and oxygen atoms in total. The number of carbonyl (C=O) groups is 3. The predicted molar refractivity (Wildman–Crippen MR) is 313 cm³/mol. The third kappa shape index (κ3) is 5.64. The minimum absolute atomic E-state index is 0.00980. The van der Waals surface area contributed by atoms with E-state index in [1.807, 2.05) is 6.26 Å². The normalized spacial score (nSPS) is 53.0. The fraction of sp³-hybridized carbons (Fsp3) is 0.712. The van der Waals surface area contributed by atoms with E-state index in [9.17, 15) is 15.3 Å². The number of aliphatic hydroxyl groups is 3. The van der Waals surface area contributed by atoms with Gasteiger partial charge in [0.25, 0.3) is 0 Å². The number of hydrogen-bond acceptors (Lipinski definition) is 13. The molecule has 12 fully saturated rings. The van der Waals surface area contributed by atoms with Crippen LogP contribution in [0.5, 0.6) is 0 Å². The van der Waals surface area contributed by atoms with Crippen LogP contribution in [0.2, 0.25) is 0 Å². The van der Waals surface area contributed by atoms with E-state index < -0.39 is 97.4 Å². The number of benzene rings is 1. The van der Waals surface area contributed by atoms with Gasteiger partial charge in [0.2, 0.25) is 0 Å². The van der Waals surface area contributed by atoms with E-state index in [0.717, 1.165) is 88.5 Å². The van der Waals surface area contributed by atoms with Gasteiger partial charge in [-0.2, -0.15) is 0 Å². The number of rotatable bonds is 9. The van der Waals surface area contributed by atoms with E-state index in [1.54, 1.807) is 0 Å². The van der Waals surface area contributed by atoms with Crippen molar-refractivity contribution in [1.82, 2.24) is 10.2 Å². The van der Waals surface area contributed by atoms with Gasteiger partial charge in [-0.25, -0.2) is 4.79 Å². The van der Waals surface area contributed by atoms with Crippen LogP contribution >= 0.6 is 0 Å². The summed E-state index contributed by atoms with van der Waals surface area (Å²) in [6.45, 7) is 10.4. The molecule has 10 bridgehead atoms. The molecule has 1 aromatic heterocycles. The summed E-state index contributed by atoms with van der Waals surface area (Å²) in [5, 5.41) is 41.9. The Morgan fingerprint density at radius 3 is 2.66 bits per heavy atom. The zero-order valence-corrected chi connectivity index (χ0v) is 50.5. The van der Waals surface area contributed by atoms with Crippen molar-refractivity contribution in [2.24, 2.45) is 116 Å². The second-order valence-corrected chi connectivity index (χ2v) is 32.5. The Morgan fingerprint density at radius 1 is 0.965 bits per heavy atom. The van der Waals surface area contributed by atoms with Gasteiger partial charge < -0.3 is 43.6 Å². The molecular formula is C73H86N2O11. The number of cyclic esters (lactones) is 1. The minimum Gasteiger partial charge on any atom is -0.469 e. The maximum absolute atomic E-state index is 17.6. The molecular weight excluding hydrogens is 1080 g/mol. The number of esters is 2. The Hall–Kier alpha value is -4.55. The van der Waals surface area contributed by atoms with Crippen LogP contribution in [0.25, 0.3) is 0 Å². The molecule has 19 rings (SSSR count). The molecule has 454 valence electrons. The molecule has 13 heteroatoms. The maximum Gasteiger partial charge on any atom is 0.339 e. The molecule has 7 saturated carbocycles. The number of fused-ring (bicyclic) bond motifs is 8. The fourth-order valence-electron chi connectivity index (χ4n) is 27.4. The van der Waals surface area contributed by atoms with E-state index >= 15 is 14.4 Å². The first kappa shape index (κ1) is 53.3. The summed E-state index contributed by atoms with van der Waals surface area (Å²) in [5.74, 6) is 6.36. The number of allylic oxidation sites excluding steroid dienone is 2. The van der Waals surface area contributed by atoms with Crippen LogP contribution in [0, 0.1) is 128 Å². The number of ketones is 1. The van der Waals surface area contributed by atoms with Crippen molar-refractivity contribution < 1.29 is 53.1 Å². The quantitative estimate of drug-likeness (QED) is 0.0813. The lowest BCUT2D eigenvalue weighted by Gasteiger charge is -2.75. The van der Waals surface area contributed by atoms with Gasteiger partial charge in [-0.05, 0) is 197 Å². The van der Waals surface area contributed by atoms with Crippen LogP contribution in [0.15, 0.2) is 77.1 Å². The lowest BCUT2D eigenvalue weighted by atomic mass is 9.27. The van der Waals surface area contributed by atoms with Gasteiger partial charge in [0.1, 0.15) is 35.1 Å². The van der Waals surface area contributed by atoms with E-state index in [-0.39, 0.29) is 78.2 Å². The molecule has 7 aliphatic heterocycles. The number of nitrogens with one attached hydrogen (secondary N) is 1. The van der Waals surface area contributed by atoms with E-state index in [4.69, 9.17) is 23.4 Å². The number of hydrogen-bond donors (Lipinski definition) is 4. The number of ether oxygens (including phenoxy) is 4. The summed E-state index contributed by atoms with van der Waals surface area (Å²) in [6.07, 6.45) is 22.1. The highest BCUT2D eigenvalue weighted by atomic mass is 16.7. The summed E-state index contributed by atoms with van der Waals surface area (Å²) in [5.41, 5.74) is -6.62. The van der Waals surface area contributed by atoms with Gasteiger partial charge in [-0.3, -0.25) is 14.9 Å². The van der Waals surface area contributed by atoms with Gasteiger partial charge in [0.15, 0.2) is 17.5 Å². The fourth-order valence-corrected chi connectivity index (χ4v) is 27.4. The summed E-state index contributed by atoms with van der Waals surface area (Å²) in [6, 6.07) is 11.2. The topological polar surface area (TPSA) is 181 Å². The third-order valence-electron chi connectivity index (χ3n) is 29.5. The lowest BCUT2D eigenvalue weighted by molar-refractivity contribution is -0.324. The Bertz CT molecular complexity index is 3490. The van der Waals surface area contributed by atoms with Crippen LogP contribution < -0.4 is 5.32 Å². The van der Waals surface area contributed by atoms with Crippen molar-refractivity contribution >= 4 is 17.7 Å². The van der Waals surface area contributed by atoms with Crippen LogP contribution in [-0.2, 0) is 58.2 Å². The van der Waals surface area contributed by atoms with Crippen LogP contribution in [0.4, 0.5) is 0 Å². The standard InChI is InChI=1S/C73H86N2O11/c1-38(2)22-48-27-50-28-49-24-41-18-20-69-64(81)83-36-68-59-46(32-67(49,69)30-41)31-65(3)71-47(16-13-45-35-82-56(57(45)71)29-52(55(77)34-76)43-14-17-51-44(26-43)19-21-75-37-74-33-54(51)75)15-12-42-11-10-40(23-39-8-6-5-7-9-39)25-53(42)70(59,73(65)62(84-73)63(80)85-71)61(79)58(78)60(68)66(48,4)86-72(50,68)69/h5-9,18-21,27,35,38,40-44,46-49,51-55,59-62,74,76-77,79H,10-11,13-14,16-17,22-26,28-34,36-37H2,1-4H3. The molecule has 4 N–H and O–H groups in total. The summed E-state index contributed by atoms with van der Waals surface area (Å²) in [4.78, 5) is 52.6. The van der Waals surface area contributed by atoms with Crippen molar-refractivity contribution in [3.8, 4) is 11.8 Å². The highest BCUT2D eigenvalue weighted by Gasteiger charge is 3.02. The summed E-state index contributed by atoms with van der Waals surface area (Å²) in [7, 11) is 0. The molecule has 7 spiro atoms. The van der Waals surface area contributed by atoms with Gasteiger partial charge in [0, 0.05) is 47.2 Å². The van der Waals surface area contributed by atoms with Crippen molar-refractivity contribution in [3.05, 3.63) is 95.1 Å². The summed E-state index contributed by atoms with van der Waals surface area (Å²) >= 11 is 0. The average Bonchev–Trinajstić information content (AvgIpc) is 1.39. The number of Topliss-reactive ketones (excluding diaryl/α,β-unsaturated/α-hetero) is 1. The number of carbonyl (C=O) groups excluding carboxylic acids is 3. The zero-order valence-electron chi connectivity index (χ0n) is 50.5. The Labute approximate surface area is 505 Å². The van der Waals surface area contributed by atoms with E-state index in [1.165, 1.54) is 11.1 Å². The van der Waals surface area contributed by atoms with Crippen LogP contribution in [0.1, 0.15) is 134 Å². The SMILES string of the molecule is CC(C)CC1C=C2CC3CC4C=CC56C(=O)OCC78C(C(=O)C(O)C9%10C%11CC(Cc%12ccccc%12)CCC%11C#CC%11CCc%12coc(CC(C(O)CO)C%13CCC%14C(C=CN%15CNCC%14%15)C%13)c%12C%11%12OC(=O)C%11OC%119C%12(C)CC(CC35C4)C7%10)C1(C)OC286. The van der Waals surface area contributed by atoms with Gasteiger partial charge in [-0.1, -0.05) is 87.2 Å². The number of nitrogens with zero attached hydrogens (tertiary/aromatic N) is 1. The van der Waals surface area contributed by atoms with Crippen molar-refractivity contribution in [2.45, 2.75) is 177 Å². The number of epoxide rings is 1. The first-order valence-electron chi connectivity index (χ1n) is 34.0. The third-order valence-corrected chi connectivity index (χ3v) is 29.5. The number of furan rings is 1. The van der Waals surface area contributed by atoms with Gasteiger partial charge in [-0.15, -0.1) is 0 Å². The lowest BCUT2D eigenvalue weighted by Crippen LogP contribution is -2.85. The number of aryl methyl sites for hydroxylation is 1. The highest BCUT2D eigenvalue weighted by Crippen LogP contribution is 2.93. The molecule has 0 radical (unpaired) electrons. The maximum atomic E-state index is 17.6.